The molecule has 2 N–H and O–H groups in total. The topological polar surface area (TPSA) is 38.9 Å². The minimum absolute atomic E-state index is 0.413. The van der Waals surface area contributed by atoms with E-state index in [4.69, 9.17) is 5.73 Å². The van der Waals surface area contributed by atoms with Crippen molar-refractivity contribution in [1.82, 2.24) is 4.98 Å². The molecule has 1 heterocycles. The zero-order valence-electron chi connectivity index (χ0n) is 12.3. The Hall–Kier alpha value is -0.540. The molecule has 2 nitrogen and oxygen atoms in total. The number of nitrogens with two attached hydrogens (primary N) is 1. The maximum atomic E-state index is 5.98. The standard InChI is InChI=1S/C16H26N2S/c1-16(2,3)13-5-4-12(11-17)15(10-13)19-14-6-8-18-9-7-14/h6-9,12-13,15H,4-5,10-11,17H2,1-3H3. The van der Waals surface area contributed by atoms with E-state index in [2.05, 4.69) is 37.9 Å². The molecule has 1 saturated carbocycles. The molecule has 3 heteroatoms. The molecule has 2 rings (SSSR count). The number of hydrogen-bond donors (Lipinski definition) is 1. The Balaban J connectivity index is 2.06. The van der Waals surface area contributed by atoms with Gasteiger partial charge >= 0.3 is 0 Å². The second-order valence-electron chi connectivity index (χ2n) is 6.71. The molecule has 0 bridgehead atoms. The van der Waals surface area contributed by atoms with Crippen molar-refractivity contribution < 1.29 is 0 Å². The van der Waals surface area contributed by atoms with Crippen LogP contribution in [0.5, 0.6) is 0 Å². The number of nitrogens with zero attached hydrogens (tertiary/aromatic N) is 1. The predicted octanol–water partition coefficient (Wildman–Crippen LogP) is 3.96. The fourth-order valence-corrected chi connectivity index (χ4v) is 4.38. The largest absolute Gasteiger partial charge is 0.330 e. The van der Waals surface area contributed by atoms with E-state index >= 15 is 0 Å². The molecule has 1 fully saturated rings. The van der Waals surface area contributed by atoms with Gasteiger partial charge in [0.05, 0.1) is 0 Å². The summed E-state index contributed by atoms with van der Waals surface area (Å²) in [5.74, 6) is 1.48. The minimum Gasteiger partial charge on any atom is -0.330 e. The van der Waals surface area contributed by atoms with Crippen LogP contribution in [0.15, 0.2) is 29.4 Å². The molecule has 3 atom stereocenters. The van der Waals surface area contributed by atoms with Crippen molar-refractivity contribution in [3.05, 3.63) is 24.5 Å². The van der Waals surface area contributed by atoms with Crippen LogP contribution in [0.2, 0.25) is 0 Å². The summed E-state index contributed by atoms with van der Waals surface area (Å²) in [6, 6.07) is 4.22. The number of hydrogen-bond acceptors (Lipinski definition) is 3. The van der Waals surface area contributed by atoms with Crippen LogP contribution in [0.3, 0.4) is 0 Å². The van der Waals surface area contributed by atoms with E-state index in [0.29, 0.717) is 16.6 Å². The third-order valence-corrected chi connectivity index (χ3v) is 5.82. The fourth-order valence-electron chi connectivity index (χ4n) is 2.98. The summed E-state index contributed by atoms with van der Waals surface area (Å²) in [6.07, 6.45) is 7.66. The van der Waals surface area contributed by atoms with E-state index in [1.54, 1.807) is 0 Å². The van der Waals surface area contributed by atoms with Gasteiger partial charge in [0.2, 0.25) is 0 Å². The summed E-state index contributed by atoms with van der Waals surface area (Å²) in [5, 5.41) is 0.658. The van der Waals surface area contributed by atoms with Crippen molar-refractivity contribution in [1.29, 1.82) is 0 Å². The van der Waals surface area contributed by atoms with Crippen LogP contribution in [0, 0.1) is 17.3 Å². The van der Waals surface area contributed by atoms with Crippen molar-refractivity contribution >= 4 is 11.8 Å². The van der Waals surface area contributed by atoms with Gasteiger partial charge in [-0.3, -0.25) is 4.98 Å². The number of aromatic nitrogens is 1. The fraction of sp³-hybridized carbons (Fsp3) is 0.688. The van der Waals surface area contributed by atoms with E-state index in [0.717, 1.165) is 12.5 Å². The van der Waals surface area contributed by atoms with E-state index in [9.17, 15) is 0 Å². The predicted molar refractivity (Wildman–Crippen MR) is 83.2 cm³/mol. The minimum atomic E-state index is 0.413. The van der Waals surface area contributed by atoms with Crippen molar-refractivity contribution in [2.45, 2.75) is 50.2 Å². The summed E-state index contributed by atoms with van der Waals surface area (Å²) in [5.41, 5.74) is 6.39. The maximum absolute atomic E-state index is 5.98. The summed E-state index contributed by atoms with van der Waals surface area (Å²) in [6.45, 7) is 7.93. The summed E-state index contributed by atoms with van der Waals surface area (Å²) in [7, 11) is 0. The lowest BCUT2D eigenvalue weighted by Crippen LogP contribution is -2.36. The number of thioether (sulfide) groups is 1. The molecule has 0 aromatic carbocycles. The van der Waals surface area contributed by atoms with Crippen molar-refractivity contribution in [3.8, 4) is 0 Å². The van der Waals surface area contributed by atoms with Gasteiger partial charge in [0.15, 0.2) is 0 Å². The highest BCUT2D eigenvalue weighted by Crippen LogP contribution is 2.45. The zero-order valence-corrected chi connectivity index (χ0v) is 13.1. The third kappa shape index (κ3) is 3.96. The van der Waals surface area contributed by atoms with Gasteiger partial charge in [-0.25, -0.2) is 0 Å². The Kier molecular flexibility index (Phi) is 4.91. The second kappa shape index (κ2) is 6.27. The van der Waals surface area contributed by atoms with Gasteiger partial charge in [0, 0.05) is 22.5 Å². The van der Waals surface area contributed by atoms with Gasteiger partial charge in [-0.15, -0.1) is 11.8 Å². The molecule has 1 aromatic heterocycles. The van der Waals surface area contributed by atoms with Gasteiger partial charge in [-0.05, 0) is 55.2 Å². The molecule has 3 unspecified atom stereocenters. The molecule has 1 aromatic rings. The molecule has 0 radical (unpaired) electrons. The Morgan fingerprint density at radius 3 is 2.53 bits per heavy atom. The molecule has 1 aliphatic rings. The zero-order chi connectivity index (χ0) is 13.9. The smallest absolute Gasteiger partial charge is 0.0278 e. The lowest BCUT2D eigenvalue weighted by atomic mass is 9.69. The van der Waals surface area contributed by atoms with Crippen LogP contribution >= 0.6 is 11.8 Å². The molecule has 1 aliphatic carbocycles. The van der Waals surface area contributed by atoms with Crippen molar-refractivity contribution in [3.63, 3.8) is 0 Å². The highest BCUT2D eigenvalue weighted by atomic mass is 32.2. The van der Waals surface area contributed by atoms with Crippen LogP contribution < -0.4 is 5.73 Å². The molecule has 0 saturated heterocycles. The second-order valence-corrected chi connectivity index (χ2v) is 8.02. The average Bonchev–Trinajstić information content (AvgIpc) is 2.39. The molecular formula is C16H26N2S. The van der Waals surface area contributed by atoms with E-state index in [1.165, 1.54) is 24.2 Å². The lowest BCUT2D eigenvalue weighted by Gasteiger charge is -2.41. The first-order valence-electron chi connectivity index (χ1n) is 7.27. The summed E-state index contributed by atoms with van der Waals surface area (Å²) < 4.78 is 0. The van der Waals surface area contributed by atoms with Gasteiger partial charge < -0.3 is 5.73 Å². The Labute approximate surface area is 121 Å². The normalized spacial score (nSPS) is 28.3. The third-order valence-electron chi connectivity index (χ3n) is 4.39. The van der Waals surface area contributed by atoms with Gasteiger partial charge in [-0.2, -0.15) is 0 Å². The average molecular weight is 278 g/mol. The molecule has 19 heavy (non-hydrogen) atoms. The highest BCUT2D eigenvalue weighted by molar-refractivity contribution is 8.00. The molecule has 0 aliphatic heterocycles. The summed E-state index contributed by atoms with van der Waals surface area (Å²) >= 11 is 2.00. The Morgan fingerprint density at radius 1 is 1.26 bits per heavy atom. The molecule has 106 valence electrons. The number of pyridine rings is 1. The SMILES string of the molecule is CC(C)(C)C1CCC(CN)C(Sc2ccncc2)C1. The Bertz CT molecular complexity index is 385. The quantitative estimate of drug-likeness (QED) is 0.909. The van der Waals surface area contributed by atoms with Gasteiger partial charge in [0.25, 0.3) is 0 Å². The molecule has 0 amide bonds. The Morgan fingerprint density at radius 2 is 1.95 bits per heavy atom. The van der Waals surface area contributed by atoms with Crippen molar-refractivity contribution in [2.75, 3.05) is 6.54 Å². The van der Waals surface area contributed by atoms with E-state index in [-0.39, 0.29) is 0 Å². The molecule has 0 spiro atoms. The van der Waals surface area contributed by atoms with Crippen LogP contribution in [0.25, 0.3) is 0 Å². The monoisotopic (exact) mass is 278 g/mol. The van der Waals surface area contributed by atoms with Crippen LogP contribution in [-0.2, 0) is 0 Å². The highest BCUT2D eigenvalue weighted by Gasteiger charge is 2.35. The lowest BCUT2D eigenvalue weighted by molar-refractivity contribution is 0.157. The van der Waals surface area contributed by atoms with Gasteiger partial charge in [-0.1, -0.05) is 20.8 Å². The van der Waals surface area contributed by atoms with Crippen LogP contribution in [0.1, 0.15) is 40.0 Å². The first kappa shape index (κ1) is 14.9. The van der Waals surface area contributed by atoms with Crippen molar-refractivity contribution in [2.24, 2.45) is 23.0 Å². The maximum Gasteiger partial charge on any atom is 0.0278 e. The molecular weight excluding hydrogens is 252 g/mol. The van der Waals surface area contributed by atoms with Gasteiger partial charge in [0.1, 0.15) is 0 Å². The van der Waals surface area contributed by atoms with E-state index < -0.39 is 0 Å². The summed E-state index contributed by atoms with van der Waals surface area (Å²) in [4.78, 5) is 5.42. The van der Waals surface area contributed by atoms with E-state index in [1.807, 2.05) is 24.2 Å². The first-order valence-corrected chi connectivity index (χ1v) is 8.15. The van der Waals surface area contributed by atoms with Crippen LogP contribution in [0.4, 0.5) is 0 Å². The number of rotatable bonds is 3. The van der Waals surface area contributed by atoms with Crippen LogP contribution in [-0.4, -0.2) is 16.8 Å². The first-order chi connectivity index (χ1) is 9.00.